The lowest BCUT2D eigenvalue weighted by atomic mass is 10.3. The summed E-state index contributed by atoms with van der Waals surface area (Å²) in [5, 5.41) is 19.6. The van der Waals surface area contributed by atoms with E-state index in [2.05, 4.69) is 5.32 Å². The summed E-state index contributed by atoms with van der Waals surface area (Å²) in [6, 6.07) is 4.58. The average Bonchev–Trinajstić information content (AvgIpc) is 2.39. The SMILES string of the molecule is CCC(=O)O.CNC.O=C(O)COc1ccc(Cl)cc1Cl. The van der Waals surface area contributed by atoms with E-state index >= 15 is 0 Å². The van der Waals surface area contributed by atoms with E-state index in [4.69, 9.17) is 38.2 Å². The highest BCUT2D eigenvalue weighted by Gasteiger charge is 2.04. The Morgan fingerprint density at radius 2 is 1.67 bits per heavy atom. The Hall–Kier alpha value is -1.50. The van der Waals surface area contributed by atoms with Crippen molar-refractivity contribution in [3.8, 4) is 5.75 Å². The first-order valence-corrected chi connectivity index (χ1v) is 6.63. The van der Waals surface area contributed by atoms with Gasteiger partial charge in [0, 0.05) is 11.4 Å². The van der Waals surface area contributed by atoms with Gasteiger partial charge in [-0.25, -0.2) is 4.79 Å². The smallest absolute Gasteiger partial charge is 0.341 e. The molecule has 0 aliphatic heterocycles. The first-order chi connectivity index (χ1) is 9.78. The van der Waals surface area contributed by atoms with Crippen LogP contribution in [0.5, 0.6) is 5.75 Å². The molecule has 0 amide bonds. The zero-order valence-corrected chi connectivity index (χ0v) is 13.5. The normalized spacial score (nSPS) is 8.62. The van der Waals surface area contributed by atoms with Crippen LogP contribution in [-0.2, 0) is 9.59 Å². The maximum atomic E-state index is 10.2. The van der Waals surface area contributed by atoms with Crippen LogP contribution in [0.15, 0.2) is 18.2 Å². The Bertz CT molecular complexity index is 441. The molecule has 0 heterocycles. The Labute approximate surface area is 133 Å². The third-order valence-corrected chi connectivity index (χ3v) is 2.08. The molecule has 1 aromatic carbocycles. The van der Waals surface area contributed by atoms with Crippen molar-refractivity contribution >= 4 is 35.1 Å². The molecule has 0 bridgehead atoms. The van der Waals surface area contributed by atoms with E-state index in [-0.39, 0.29) is 6.42 Å². The van der Waals surface area contributed by atoms with Crippen LogP contribution in [0.4, 0.5) is 0 Å². The zero-order valence-electron chi connectivity index (χ0n) is 12.0. The minimum atomic E-state index is -1.05. The van der Waals surface area contributed by atoms with E-state index in [1.165, 1.54) is 12.1 Å². The second kappa shape index (κ2) is 13.5. The van der Waals surface area contributed by atoms with E-state index in [0.29, 0.717) is 15.8 Å². The van der Waals surface area contributed by atoms with Gasteiger partial charge in [-0.1, -0.05) is 30.1 Å². The van der Waals surface area contributed by atoms with E-state index < -0.39 is 18.5 Å². The number of hydrogen-bond donors (Lipinski definition) is 3. The van der Waals surface area contributed by atoms with Crippen molar-refractivity contribution in [3.63, 3.8) is 0 Å². The molecule has 0 aliphatic rings. The number of hydrogen-bond acceptors (Lipinski definition) is 4. The molecule has 0 radical (unpaired) electrons. The number of rotatable bonds is 4. The maximum Gasteiger partial charge on any atom is 0.341 e. The molecule has 1 rings (SSSR count). The Morgan fingerprint density at radius 3 is 2.00 bits per heavy atom. The summed E-state index contributed by atoms with van der Waals surface area (Å²) in [7, 11) is 3.75. The number of nitrogens with one attached hydrogen (secondary N) is 1. The van der Waals surface area contributed by atoms with Crippen molar-refractivity contribution in [3.05, 3.63) is 28.2 Å². The van der Waals surface area contributed by atoms with Crippen molar-refractivity contribution in [2.45, 2.75) is 13.3 Å². The second-order valence-corrected chi connectivity index (χ2v) is 4.35. The van der Waals surface area contributed by atoms with E-state index in [1.807, 2.05) is 14.1 Å². The van der Waals surface area contributed by atoms with E-state index in [9.17, 15) is 9.59 Å². The molecule has 3 N–H and O–H groups in total. The Kier molecular flexibility index (Phi) is 14.0. The Morgan fingerprint density at radius 1 is 1.19 bits per heavy atom. The summed E-state index contributed by atoms with van der Waals surface area (Å²) < 4.78 is 4.86. The number of carbonyl (C=O) groups is 2. The minimum Gasteiger partial charge on any atom is -0.481 e. The molecule has 120 valence electrons. The quantitative estimate of drug-likeness (QED) is 0.780. The largest absolute Gasteiger partial charge is 0.481 e. The van der Waals surface area contributed by atoms with Crippen molar-refractivity contribution in [2.24, 2.45) is 0 Å². The first-order valence-electron chi connectivity index (χ1n) is 5.88. The molecule has 8 heteroatoms. The molecule has 0 saturated heterocycles. The topological polar surface area (TPSA) is 95.9 Å². The number of carboxylic acids is 2. The predicted octanol–water partition coefficient (Wildman–Crippen LogP) is 2.77. The standard InChI is InChI=1S/C8H6Cl2O3.C3H6O2.C2H7N/c9-5-1-2-7(6(10)3-5)13-4-8(11)12;1-2-3(4)5;1-3-2/h1-3H,4H2,(H,11,12);2H2,1H3,(H,4,5);3H,1-2H3. The highest BCUT2D eigenvalue weighted by atomic mass is 35.5. The number of halogens is 2. The highest BCUT2D eigenvalue weighted by molar-refractivity contribution is 6.35. The average molecular weight is 340 g/mol. The van der Waals surface area contributed by atoms with Gasteiger partial charge in [0.1, 0.15) is 5.75 Å². The first kappa shape index (κ1) is 21.8. The van der Waals surface area contributed by atoms with Gasteiger partial charge in [0.15, 0.2) is 6.61 Å². The third kappa shape index (κ3) is 14.7. The summed E-state index contributed by atoms with van der Waals surface area (Å²) in [5.41, 5.74) is 0. The fourth-order valence-corrected chi connectivity index (χ4v) is 1.19. The molecule has 0 spiro atoms. The van der Waals surface area contributed by atoms with Crippen LogP contribution in [-0.4, -0.2) is 42.9 Å². The molecule has 21 heavy (non-hydrogen) atoms. The van der Waals surface area contributed by atoms with Gasteiger partial charge in [0.25, 0.3) is 0 Å². The fraction of sp³-hybridized carbons (Fsp3) is 0.385. The minimum absolute atomic E-state index is 0.222. The summed E-state index contributed by atoms with van der Waals surface area (Å²) >= 11 is 11.3. The van der Waals surface area contributed by atoms with Crippen LogP contribution in [0.1, 0.15) is 13.3 Å². The van der Waals surface area contributed by atoms with E-state index in [0.717, 1.165) is 0 Å². The highest BCUT2D eigenvalue weighted by Crippen LogP contribution is 2.27. The van der Waals surface area contributed by atoms with Gasteiger partial charge in [-0.3, -0.25) is 4.79 Å². The van der Waals surface area contributed by atoms with Gasteiger partial charge in [-0.2, -0.15) is 0 Å². The van der Waals surface area contributed by atoms with Crippen LogP contribution in [0.3, 0.4) is 0 Å². The molecule has 1 aromatic rings. The molecule has 0 aromatic heterocycles. The van der Waals surface area contributed by atoms with Gasteiger partial charge in [-0.15, -0.1) is 0 Å². The number of carboxylic acid groups (broad SMARTS) is 2. The number of benzene rings is 1. The van der Waals surface area contributed by atoms with Crippen LogP contribution in [0.25, 0.3) is 0 Å². The van der Waals surface area contributed by atoms with Crippen LogP contribution in [0.2, 0.25) is 10.0 Å². The Balaban J connectivity index is 0. The van der Waals surface area contributed by atoms with Gasteiger partial charge in [0.05, 0.1) is 5.02 Å². The predicted molar refractivity (Wildman–Crippen MR) is 82.5 cm³/mol. The molecule has 0 unspecified atom stereocenters. The van der Waals surface area contributed by atoms with E-state index in [1.54, 1.807) is 13.0 Å². The second-order valence-electron chi connectivity index (χ2n) is 3.50. The molecule has 0 fully saturated rings. The van der Waals surface area contributed by atoms with Crippen LogP contribution >= 0.6 is 23.2 Å². The third-order valence-electron chi connectivity index (χ3n) is 1.55. The summed E-state index contributed by atoms with van der Waals surface area (Å²) in [4.78, 5) is 19.5. The summed E-state index contributed by atoms with van der Waals surface area (Å²) in [6.45, 7) is 1.18. The van der Waals surface area contributed by atoms with Gasteiger partial charge in [-0.05, 0) is 32.3 Å². The zero-order chi connectivity index (χ0) is 16.8. The molecule has 0 aliphatic carbocycles. The van der Waals surface area contributed by atoms with Crippen LogP contribution in [0, 0.1) is 0 Å². The number of ether oxygens (including phenoxy) is 1. The molecule has 0 saturated carbocycles. The molecular weight excluding hydrogens is 321 g/mol. The van der Waals surface area contributed by atoms with Gasteiger partial charge < -0.3 is 20.3 Å². The molecule has 0 atom stereocenters. The van der Waals surface area contributed by atoms with Gasteiger partial charge in [0.2, 0.25) is 0 Å². The summed E-state index contributed by atoms with van der Waals surface area (Å²) in [5.74, 6) is -1.48. The van der Waals surface area contributed by atoms with Crippen molar-refractivity contribution < 1.29 is 24.5 Å². The monoisotopic (exact) mass is 339 g/mol. The van der Waals surface area contributed by atoms with Gasteiger partial charge >= 0.3 is 11.9 Å². The summed E-state index contributed by atoms with van der Waals surface area (Å²) in [6.07, 6.45) is 0.222. The van der Waals surface area contributed by atoms with Crippen molar-refractivity contribution in [1.29, 1.82) is 0 Å². The lowest BCUT2D eigenvalue weighted by molar-refractivity contribution is -0.139. The van der Waals surface area contributed by atoms with Crippen LogP contribution < -0.4 is 10.1 Å². The van der Waals surface area contributed by atoms with Crippen molar-refractivity contribution in [1.82, 2.24) is 5.32 Å². The lowest BCUT2D eigenvalue weighted by Gasteiger charge is -2.04. The molecular formula is C13H19Cl2NO5. The maximum absolute atomic E-state index is 10.2. The molecule has 6 nitrogen and oxygen atoms in total. The lowest BCUT2D eigenvalue weighted by Crippen LogP contribution is -2.09. The number of aliphatic carboxylic acids is 2. The fourth-order valence-electron chi connectivity index (χ4n) is 0.732. The van der Waals surface area contributed by atoms with Crippen molar-refractivity contribution in [2.75, 3.05) is 20.7 Å².